The van der Waals surface area contributed by atoms with Crippen molar-refractivity contribution in [2.45, 2.75) is 11.8 Å². The highest BCUT2D eigenvalue weighted by Gasteiger charge is 2.34. The van der Waals surface area contributed by atoms with E-state index in [-0.39, 0.29) is 12.5 Å². The summed E-state index contributed by atoms with van der Waals surface area (Å²) >= 11 is 1.56. The van der Waals surface area contributed by atoms with E-state index >= 15 is 0 Å². The van der Waals surface area contributed by atoms with Gasteiger partial charge in [-0.3, -0.25) is 19.5 Å². The molecule has 144 valence electrons. The number of amidine groups is 1. The van der Waals surface area contributed by atoms with E-state index in [2.05, 4.69) is 30.1 Å². The number of aliphatic hydroxyl groups is 1. The number of rotatable bonds is 6. The minimum Gasteiger partial charge on any atom is -0.390 e. The first-order valence-electron chi connectivity index (χ1n) is 8.68. The van der Waals surface area contributed by atoms with E-state index in [1.54, 1.807) is 18.1 Å². The fourth-order valence-corrected chi connectivity index (χ4v) is 3.80. The number of aliphatic imine (C=N–C) groups is 1. The molecular formula is C18H20N7O2S+. The molecule has 1 unspecified atom stereocenters. The van der Waals surface area contributed by atoms with Crippen LogP contribution in [0.5, 0.6) is 0 Å². The molecule has 2 aliphatic heterocycles. The summed E-state index contributed by atoms with van der Waals surface area (Å²) in [5, 5.41) is 22.4. The summed E-state index contributed by atoms with van der Waals surface area (Å²) in [6.07, 6.45) is 5.59. The topological polar surface area (TPSA) is 110 Å². The number of aromatic nitrogens is 2. The van der Waals surface area contributed by atoms with E-state index in [1.165, 1.54) is 6.92 Å². The SMILES string of the molecule is CC(=O)Nc1ccc(SN2C=C(Nc3ccn[nH]3)[NH+]3C=C(CO)N=C3C2)cc1. The second-order valence-corrected chi connectivity index (χ2v) is 7.40. The van der Waals surface area contributed by atoms with E-state index in [0.29, 0.717) is 12.2 Å². The molecular weight excluding hydrogens is 378 g/mol. The molecule has 2 aromatic rings. The number of anilines is 2. The molecule has 2 aliphatic rings. The normalized spacial score (nSPS) is 18.1. The van der Waals surface area contributed by atoms with Gasteiger partial charge in [0.1, 0.15) is 24.3 Å². The van der Waals surface area contributed by atoms with Gasteiger partial charge in [-0.25, -0.2) is 4.90 Å². The number of aromatic amines is 1. The Balaban J connectivity index is 1.53. The molecule has 0 fully saturated rings. The number of nitrogens with zero attached hydrogens (tertiary/aromatic N) is 3. The van der Waals surface area contributed by atoms with Crippen molar-refractivity contribution in [3.8, 4) is 0 Å². The Morgan fingerprint density at radius 1 is 1.36 bits per heavy atom. The molecule has 10 heteroatoms. The summed E-state index contributed by atoms with van der Waals surface area (Å²) in [5.41, 5.74) is 1.41. The smallest absolute Gasteiger partial charge is 0.233 e. The van der Waals surface area contributed by atoms with Crippen LogP contribution in [0.1, 0.15) is 6.92 Å². The lowest BCUT2D eigenvalue weighted by molar-refractivity contribution is -0.700. The van der Waals surface area contributed by atoms with Gasteiger partial charge in [0.05, 0.1) is 19.0 Å². The number of carbonyl (C=O) groups is 1. The molecule has 0 saturated heterocycles. The number of H-pyrrole nitrogens is 1. The van der Waals surface area contributed by atoms with E-state index in [4.69, 9.17) is 0 Å². The molecule has 1 aromatic carbocycles. The van der Waals surface area contributed by atoms with E-state index in [1.807, 2.05) is 42.7 Å². The maximum absolute atomic E-state index is 11.2. The molecule has 1 aromatic heterocycles. The van der Waals surface area contributed by atoms with Crippen molar-refractivity contribution in [1.29, 1.82) is 0 Å². The average Bonchev–Trinajstić information content (AvgIpc) is 3.32. The summed E-state index contributed by atoms with van der Waals surface area (Å²) in [4.78, 5) is 17.7. The number of hydrogen-bond donors (Lipinski definition) is 5. The number of quaternary nitrogens is 1. The van der Waals surface area contributed by atoms with Gasteiger partial charge in [0.25, 0.3) is 0 Å². The van der Waals surface area contributed by atoms with Crippen molar-refractivity contribution in [3.05, 3.63) is 60.4 Å². The Labute approximate surface area is 166 Å². The maximum atomic E-state index is 11.2. The third kappa shape index (κ3) is 4.09. The summed E-state index contributed by atoms with van der Waals surface area (Å²) in [7, 11) is 0. The first-order valence-corrected chi connectivity index (χ1v) is 9.45. The van der Waals surface area contributed by atoms with Crippen molar-refractivity contribution < 1.29 is 14.8 Å². The fraction of sp³-hybridized carbons (Fsp3) is 0.167. The predicted molar refractivity (Wildman–Crippen MR) is 107 cm³/mol. The van der Waals surface area contributed by atoms with E-state index in [9.17, 15) is 9.90 Å². The molecule has 0 spiro atoms. The van der Waals surface area contributed by atoms with Gasteiger partial charge < -0.3 is 10.4 Å². The summed E-state index contributed by atoms with van der Waals surface area (Å²) < 4.78 is 2.07. The number of aliphatic hydroxyl groups excluding tert-OH is 1. The van der Waals surface area contributed by atoms with Crippen molar-refractivity contribution in [2.24, 2.45) is 4.99 Å². The predicted octanol–water partition coefficient (Wildman–Crippen LogP) is 0.732. The molecule has 1 atom stereocenters. The van der Waals surface area contributed by atoms with Gasteiger partial charge in [-0.2, -0.15) is 10.1 Å². The summed E-state index contributed by atoms with van der Waals surface area (Å²) in [6.45, 7) is 2.00. The third-order valence-corrected chi connectivity index (χ3v) is 5.05. The lowest BCUT2D eigenvalue weighted by atomic mass is 10.3. The third-order valence-electron chi connectivity index (χ3n) is 4.10. The number of fused-ring (bicyclic) bond motifs is 1. The molecule has 5 N–H and O–H groups in total. The zero-order valence-corrected chi connectivity index (χ0v) is 16.0. The molecule has 0 aliphatic carbocycles. The Morgan fingerprint density at radius 2 is 2.18 bits per heavy atom. The monoisotopic (exact) mass is 398 g/mol. The number of amides is 1. The molecule has 28 heavy (non-hydrogen) atoms. The molecule has 3 heterocycles. The molecule has 9 nitrogen and oxygen atoms in total. The fourth-order valence-electron chi connectivity index (χ4n) is 2.92. The zero-order chi connectivity index (χ0) is 19.5. The Kier molecular flexibility index (Phi) is 5.15. The molecule has 4 rings (SSSR count). The number of hydrogen-bond acceptors (Lipinski definition) is 7. The first kappa shape index (κ1) is 18.3. The van der Waals surface area contributed by atoms with Crippen LogP contribution < -0.4 is 15.5 Å². The van der Waals surface area contributed by atoms with Crippen LogP contribution in [0.4, 0.5) is 11.5 Å². The lowest BCUT2D eigenvalue weighted by Gasteiger charge is -2.27. The largest absolute Gasteiger partial charge is 0.390 e. The van der Waals surface area contributed by atoms with Gasteiger partial charge in [-0.05, 0) is 36.2 Å². The zero-order valence-electron chi connectivity index (χ0n) is 15.1. The van der Waals surface area contributed by atoms with Crippen LogP contribution in [0.3, 0.4) is 0 Å². The van der Waals surface area contributed by atoms with Gasteiger partial charge >= 0.3 is 0 Å². The van der Waals surface area contributed by atoms with Gasteiger partial charge in [-0.1, -0.05) is 0 Å². The lowest BCUT2D eigenvalue weighted by Crippen LogP contribution is -3.10. The van der Waals surface area contributed by atoms with Crippen LogP contribution in [-0.2, 0) is 4.79 Å². The average molecular weight is 398 g/mol. The van der Waals surface area contributed by atoms with Crippen molar-refractivity contribution in [1.82, 2.24) is 14.5 Å². The molecule has 0 bridgehead atoms. The van der Waals surface area contributed by atoms with Gasteiger partial charge in [0, 0.05) is 23.6 Å². The van der Waals surface area contributed by atoms with E-state index < -0.39 is 0 Å². The molecule has 0 saturated carbocycles. The highest BCUT2D eigenvalue weighted by Crippen LogP contribution is 2.26. The minimum absolute atomic E-state index is 0.0941. The Bertz CT molecular complexity index is 951. The van der Waals surface area contributed by atoms with Crippen molar-refractivity contribution >= 4 is 35.2 Å². The number of carbonyl (C=O) groups excluding carboxylic acids is 1. The highest BCUT2D eigenvalue weighted by molar-refractivity contribution is 7.97. The van der Waals surface area contributed by atoms with Crippen LogP contribution >= 0.6 is 11.9 Å². The van der Waals surface area contributed by atoms with Crippen LogP contribution in [0, 0.1) is 0 Å². The van der Waals surface area contributed by atoms with Gasteiger partial charge in [0.2, 0.25) is 17.6 Å². The molecule has 1 amide bonds. The standard InChI is InChI=1S/C18H19N7O2S/c1-12(27)20-13-2-4-15(5-3-13)28-24-9-17-21-14(11-26)8-25(17)18(10-24)22-16-6-7-19-23-16/h2-8,10,26H,9,11H2,1H3,(H,20,27)(H2,19,22,23)/p+1. The van der Waals surface area contributed by atoms with E-state index in [0.717, 1.165) is 33.0 Å². The Hall–Kier alpha value is -3.08. The van der Waals surface area contributed by atoms with Gasteiger partial charge in [-0.15, -0.1) is 0 Å². The minimum atomic E-state index is -0.0951. The summed E-state index contributed by atoms with van der Waals surface area (Å²) in [6, 6.07) is 9.50. The first-order chi connectivity index (χ1) is 13.6. The van der Waals surface area contributed by atoms with Gasteiger partial charge in [0.15, 0.2) is 0 Å². The number of benzene rings is 1. The number of nitrogens with one attached hydrogen (secondary N) is 4. The quantitative estimate of drug-likeness (QED) is 0.459. The second-order valence-electron chi connectivity index (χ2n) is 6.28. The second kappa shape index (κ2) is 7.89. The van der Waals surface area contributed by atoms with Crippen molar-refractivity contribution in [3.63, 3.8) is 0 Å². The van der Waals surface area contributed by atoms with Crippen LogP contribution in [0.15, 0.2) is 70.3 Å². The van der Waals surface area contributed by atoms with Crippen molar-refractivity contribution in [2.75, 3.05) is 23.8 Å². The Morgan fingerprint density at radius 3 is 2.86 bits per heavy atom. The highest BCUT2D eigenvalue weighted by atomic mass is 32.2. The van der Waals surface area contributed by atoms with Crippen LogP contribution in [0.25, 0.3) is 0 Å². The summed E-state index contributed by atoms with van der Waals surface area (Å²) in [5.74, 6) is 2.45. The van der Waals surface area contributed by atoms with Crippen LogP contribution in [0.2, 0.25) is 0 Å². The van der Waals surface area contributed by atoms with Crippen LogP contribution in [-0.4, -0.2) is 44.5 Å². The molecule has 0 radical (unpaired) electrons. The maximum Gasteiger partial charge on any atom is 0.233 e.